The molecule has 3 heterocycles. The molecule has 0 aliphatic carbocycles. The number of carbonyl (C=O) groups is 1. The molecule has 2 aromatic heterocycles. The lowest BCUT2D eigenvalue weighted by Crippen LogP contribution is -2.51. The van der Waals surface area contributed by atoms with Crippen molar-refractivity contribution < 1.29 is 23.7 Å². The van der Waals surface area contributed by atoms with Crippen LogP contribution in [0, 0.1) is 0 Å². The average Bonchev–Trinajstić information content (AvgIpc) is 3.55. The van der Waals surface area contributed by atoms with Crippen molar-refractivity contribution in [1.82, 2.24) is 14.5 Å². The van der Waals surface area contributed by atoms with Gasteiger partial charge in [0, 0.05) is 25.5 Å². The van der Waals surface area contributed by atoms with E-state index in [-0.39, 0.29) is 5.91 Å². The highest BCUT2D eigenvalue weighted by Crippen LogP contribution is 2.41. The molecule has 0 spiro atoms. The van der Waals surface area contributed by atoms with Crippen LogP contribution in [0.2, 0.25) is 0 Å². The Morgan fingerprint density at radius 3 is 2.57 bits per heavy atom. The molecule has 2 atom stereocenters. The fraction of sp³-hybridized carbons (Fsp3) is 0.320. The number of carbonyl (C=O) groups excluding carboxylic acids is 1. The van der Waals surface area contributed by atoms with Crippen LogP contribution in [0.25, 0.3) is 10.2 Å². The van der Waals surface area contributed by atoms with Gasteiger partial charge in [0.25, 0.3) is 5.91 Å². The van der Waals surface area contributed by atoms with Crippen LogP contribution in [-0.4, -0.2) is 53.4 Å². The van der Waals surface area contributed by atoms with E-state index >= 15 is 0 Å². The number of benzene rings is 2. The maximum atomic E-state index is 13.9. The summed E-state index contributed by atoms with van der Waals surface area (Å²) in [5.74, 6) is 2.26. The number of imidazole rings is 1. The average molecular weight is 495 g/mol. The van der Waals surface area contributed by atoms with Crippen molar-refractivity contribution in [2.75, 3.05) is 25.7 Å². The van der Waals surface area contributed by atoms with Crippen LogP contribution in [0.1, 0.15) is 13.3 Å². The molecule has 1 amide bonds. The minimum Gasteiger partial charge on any atom is -0.495 e. The van der Waals surface area contributed by atoms with Crippen LogP contribution in [-0.2, 0) is 11.3 Å². The lowest BCUT2D eigenvalue weighted by molar-refractivity contribution is -0.130. The largest absolute Gasteiger partial charge is 0.495 e. The van der Waals surface area contributed by atoms with E-state index in [4.69, 9.17) is 23.9 Å². The number of rotatable bonds is 8. The van der Waals surface area contributed by atoms with Crippen molar-refractivity contribution in [3.63, 3.8) is 0 Å². The number of para-hydroxylation sites is 2. The third-order valence-electron chi connectivity index (χ3n) is 5.84. The Bertz CT molecular complexity index is 1280. The molecular formula is C25H26N4O5S. The Morgan fingerprint density at radius 1 is 1.11 bits per heavy atom. The molecule has 0 radical (unpaired) electrons. The molecule has 1 aliphatic rings. The van der Waals surface area contributed by atoms with E-state index in [9.17, 15) is 4.79 Å². The van der Waals surface area contributed by atoms with Crippen LogP contribution in [0.3, 0.4) is 0 Å². The summed E-state index contributed by atoms with van der Waals surface area (Å²) in [6, 6.07) is 11.0. The highest BCUT2D eigenvalue weighted by Gasteiger charge is 2.38. The van der Waals surface area contributed by atoms with Gasteiger partial charge in [-0.1, -0.05) is 23.5 Å². The summed E-state index contributed by atoms with van der Waals surface area (Å²) in [5.41, 5.74) is 0.651. The van der Waals surface area contributed by atoms with E-state index in [2.05, 4.69) is 4.98 Å². The molecule has 0 saturated heterocycles. The van der Waals surface area contributed by atoms with Gasteiger partial charge in [-0.3, -0.25) is 9.69 Å². The highest BCUT2D eigenvalue weighted by molar-refractivity contribution is 7.22. The molecule has 0 fully saturated rings. The summed E-state index contributed by atoms with van der Waals surface area (Å²) in [7, 11) is 3.21. The second kappa shape index (κ2) is 9.83. The van der Waals surface area contributed by atoms with E-state index in [1.165, 1.54) is 11.3 Å². The Morgan fingerprint density at radius 2 is 1.86 bits per heavy atom. The van der Waals surface area contributed by atoms with Crippen molar-refractivity contribution in [2.45, 2.75) is 32.1 Å². The quantitative estimate of drug-likeness (QED) is 0.363. The topological polar surface area (TPSA) is 87.9 Å². The molecule has 2 aromatic carbocycles. The molecule has 2 unspecified atom stereocenters. The van der Waals surface area contributed by atoms with Crippen molar-refractivity contribution in [3.05, 3.63) is 55.1 Å². The van der Waals surface area contributed by atoms with Gasteiger partial charge in [-0.25, -0.2) is 9.97 Å². The number of amides is 1. The first-order chi connectivity index (χ1) is 17.1. The van der Waals surface area contributed by atoms with Gasteiger partial charge in [-0.2, -0.15) is 0 Å². The van der Waals surface area contributed by atoms with E-state index in [1.807, 2.05) is 48.0 Å². The summed E-state index contributed by atoms with van der Waals surface area (Å²) in [4.78, 5) is 24.5. The summed E-state index contributed by atoms with van der Waals surface area (Å²) < 4.78 is 26.0. The number of methoxy groups -OCH3 is 2. The standard InChI is InChI=1S/C25H26N4O5S/c1-16-22(34-18-8-5-4-7-17(18)33-16)24(30)29(13-6-12-28-14-11-26-15-28)25-27-21-19(31-2)9-10-20(32-3)23(21)35-25/h4-5,7-11,14-16,22H,6,12-13H2,1-3H3. The van der Waals surface area contributed by atoms with Crippen molar-refractivity contribution in [1.29, 1.82) is 0 Å². The number of hydrogen-bond donors (Lipinski definition) is 0. The summed E-state index contributed by atoms with van der Waals surface area (Å²) in [6.07, 6.45) is 4.82. The Labute approximate surface area is 206 Å². The normalized spacial score (nSPS) is 16.8. The Balaban J connectivity index is 1.49. The van der Waals surface area contributed by atoms with E-state index < -0.39 is 12.2 Å². The predicted octanol–water partition coefficient (Wildman–Crippen LogP) is 4.16. The van der Waals surface area contributed by atoms with Crippen LogP contribution in [0.5, 0.6) is 23.0 Å². The van der Waals surface area contributed by atoms with Gasteiger partial charge >= 0.3 is 0 Å². The second-order valence-corrected chi connectivity index (χ2v) is 9.07. The van der Waals surface area contributed by atoms with Crippen molar-refractivity contribution in [3.8, 4) is 23.0 Å². The summed E-state index contributed by atoms with van der Waals surface area (Å²) in [5, 5.41) is 0.549. The minimum absolute atomic E-state index is 0.213. The van der Waals surface area contributed by atoms with Gasteiger partial charge in [0.1, 0.15) is 27.8 Å². The Kier molecular flexibility index (Phi) is 6.45. The van der Waals surface area contributed by atoms with E-state index in [1.54, 1.807) is 37.7 Å². The van der Waals surface area contributed by atoms with E-state index in [0.29, 0.717) is 53.2 Å². The molecule has 0 saturated carbocycles. The van der Waals surface area contributed by atoms with Crippen molar-refractivity contribution in [2.24, 2.45) is 0 Å². The molecule has 10 heteroatoms. The molecule has 9 nitrogen and oxygen atoms in total. The van der Waals surface area contributed by atoms with Gasteiger partial charge in [0.15, 0.2) is 16.6 Å². The summed E-state index contributed by atoms with van der Waals surface area (Å²) in [6.45, 7) is 2.99. The van der Waals surface area contributed by atoms with Crippen LogP contribution in [0.4, 0.5) is 5.13 Å². The number of anilines is 1. The number of aryl methyl sites for hydroxylation is 1. The lowest BCUT2D eigenvalue weighted by atomic mass is 10.1. The fourth-order valence-electron chi connectivity index (χ4n) is 4.06. The van der Waals surface area contributed by atoms with Crippen LogP contribution < -0.4 is 23.8 Å². The first-order valence-electron chi connectivity index (χ1n) is 11.3. The molecule has 1 aliphatic heterocycles. The number of nitrogens with zero attached hydrogens (tertiary/aromatic N) is 4. The number of aromatic nitrogens is 3. The SMILES string of the molecule is COc1ccc(OC)c2sc(N(CCCn3ccnc3)C(=O)C3Oc4ccccc4OC3C)nc12. The smallest absolute Gasteiger partial charge is 0.273 e. The third kappa shape index (κ3) is 4.49. The van der Waals surface area contributed by atoms with Gasteiger partial charge in [0.05, 0.1) is 20.5 Å². The number of ether oxygens (including phenoxy) is 4. The third-order valence-corrected chi connectivity index (χ3v) is 6.93. The minimum atomic E-state index is -0.811. The highest BCUT2D eigenvalue weighted by atomic mass is 32.1. The number of hydrogen-bond acceptors (Lipinski definition) is 8. The zero-order chi connectivity index (χ0) is 24.4. The van der Waals surface area contributed by atoms with Crippen molar-refractivity contribution >= 4 is 32.6 Å². The number of thiazole rings is 1. The van der Waals surface area contributed by atoms with Crippen LogP contribution in [0.15, 0.2) is 55.1 Å². The van der Waals surface area contributed by atoms with Crippen LogP contribution >= 0.6 is 11.3 Å². The summed E-state index contributed by atoms with van der Waals surface area (Å²) >= 11 is 1.39. The first kappa shape index (κ1) is 23.0. The molecule has 35 heavy (non-hydrogen) atoms. The Hall–Kier alpha value is -3.79. The van der Waals surface area contributed by atoms with Gasteiger partial charge in [0.2, 0.25) is 6.10 Å². The molecule has 5 rings (SSSR count). The lowest BCUT2D eigenvalue weighted by Gasteiger charge is -2.33. The molecule has 182 valence electrons. The maximum Gasteiger partial charge on any atom is 0.273 e. The molecule has 4 aromatic rings. The monoisotopic (exact) mass is 494 g/mol. The fourth-order valence-corrected chi connectivity index (χ4v) is 5.17. The molecular weight excluding hydrogens is 468 g/mol. The molecule has 0 N–H and O–H groups in total. The predicted molar refractivity (Wildman–Crippen MR) is 133 cm³/mol. The van der Waals surface area contributed by atoms with Gasteiger partial charge in [-0.15, -0.1) is 0 Å². The van der Waals surface area contributed by atoms with E-state index in [0.717, 1.165) is 4.70 Å². The zero-order valence-corrected chi connectivity index (χ0v) is 20.5. The zero-order valence-electron chi connectivity index (χ0n) is 19.7. The molecule has 0 bridgehead atoms. The van der Waals surface area contributed by atoms with Gasteiger partial charge < -0.3 is 23.5 Å². The first-order valence-corrected chi connectivity index (χ1v) is 12.1. The maximum absolute atomic E-state index is 13.9. The number of fused-ring (bicyclic) bond motifs is 2. The van der Waals surface area contributed by atoms with Gasteiger partial charge in [-0.05, 0) is 37.6 Å². The second-order valence-electron chi connectivity index (χ2n) is 8.10.